The molecule has 24 heavy (non-hydrogen) atoms. The van der Waals surface area contributed by atoms with Crippen molar-refractivity contribution in [2.75, 3.05) is 0 Å². The minimum absolute atomic E-state index is 0.190. The summed E-state index contributed by atoms with van der Waals surface area (Å²) in [7, 11) is 0. The number of amides is 1. The van der Waals surface area contributed by atoms with Crippen molar-refractivity contribution in [3.8, 4) is 0 Å². The lowest BCUT2D eigenvalue weighted by atomic mass is 9.88. The zero-order chi connectivity index (χ0) is 16.7. The molecule has 1 aliphatic rings. The molecule has 4 rings (SSSR count). The van der Waals surface area contributed by atoms with Gasteiger partial charge in [0.1, 0.15) is 17.1 Å². The van der Waals surface area contributed by atoms with Gasteiger partial charge in [0.05, 0.1) is 6.54 Å². The molecule has 3 aromatic rings. The lowest BCUT2D eigenvalue weighted by molar-refractivity contribution is 0.0945. The number of hydrogen-bond donors (Lipinski definition) is 2. The zero-order valence-electron chi connectivity index (χ0n) is 13.2. The van der Waals surface area contributed by atoms with E-state index in [0.29, 0.717) is 5.92 Å². The summed E-state index contributed by atoms with van der Waals surface area (Å²) < 4.78 is 6.89. The molecule has 1 aliphatic carbocycles. The van der Waals surface area contributed by atoms with Crippen LogP contribution in [0.15, 0.2) is 27.9 Å². The molecule has 2 N–H and O–H groups in total. The van der Waals surface area contributed by atoms with Gasteiger partial charge in [-0.1, -0.05) is 12.1 Å². The van der Waals surface area contributed by atoms with Crippen LogP contribution < -0.4 is 10.9 Å². The Labute approximate surface area is 136 Å². The van der Waals surface area contributed by atoms with Crippen LogP contribution in [0.2, 0.25) is 0 Å². The number of carbonyl (C=O) groups excluding carboxylic acids is 1. The van der Waals surface area contributed by atoms with Crippen molar-refractivity contribution in [2.24, 2.45) is 5.92 Å². The van der Waals surface area contributed by atoms with E-state index in [1.807, 2.05) is 0 Å². The number of nitrogens with one attached hydrogen (secondary N) is 2. The number of rotatable bonds is 3. The summed E-state index contributed by atoms with van der Waals surface area (Å²) in [4.78, 5) is 30.6. The van der Waals surface area contributed by atoms with Gasteiger partial charge in [-0.3, -0.25) is 9.59 Å². The first-order valence-electron chi connectivity index (χ1n) is 7.92. The number of imidazole rings is 1. The SMILES string of the molecule is CC1CCc2onc(CNC(=O)c3cn4cc[nH]c(=O)c4n3)c2C1. The number of fused-ring (bicyclic) bond motifs is 2. The zero-order valence-corrected chi connectivity index (χ0v) is 13.2. The van der Waals surface area contributed by atoms with Crippen molar-refractivity contribution in [1.82, 2.24) is 24.8 Å². The quantitative estimate of drug-likeness (QED) is 0.748. The highest BCUT2D eigenvalue weighted by atomic mass is 16.5. The van der Waals surface area contributed by atoms with Gasteiger partial charge in [-0.2, -0.15) is 0 Å². The maximum atomic E-state index is 12.3. The van der Waals surface area contributed by atoms with Crippen molar-refractivity contribution < 1.29 is 9.32 Å². The lowest BCUT2D eigenvalue weighted by Crippen LogP contribution is -2.24. The van der Waals surface area contributed by atoms with Crippen molar-refractivity contribution in [3.63, 3.8) is 0 Å². The van der Waals surface area contributed by atoms with Crippen LogP contribution >= 0.6 is 0 Å². The molecule has 0 bridgehead atoms. The molecule has 0 aromatic carbocycles. The van der Waals surface area contributed by atoms with Crippen molar-refractivity contribution in [2.45, 2.75) is 32.7 Å². The van der Waals surface area contributed by atoms with Crippen molar-refractivity contribution >= 4 is 11.6 Å². The predicted molar refractivity (Wildman–Crippen MR) is 84.7 cm³/mol. The Bertz CT molecular complexity index is 968. The number of aryl methyl sites for hydroxylation is 1. The molecule has 124 valence electrons. The number of H-pyrrole nitrogens is 1. The van der Waals surface area contributed by atoms with Gasteiger partial charge in [-0.25, -0.2) is 4.98 Å². The van der Waals surface area contributed by atoms with Crippen LogP contribution in [-0.4, -0.2) is 25.4 Å². The summed E-state index contributed by atoms with van der Waals surface area (Å²) in [5.74, 6) is 1.17. The highest BCUT2D eigenvalue weighted by Crippen LogP contribution is 2.27. The standard InChI is InChI=1S/C16H17N5O3/c1-9-2-3-13-10(6-9)11(20-24-13)7-18-15(22)12-8-21-5-4-17-16(23)14(21)19-12/h4-5,8-9H,2-3,6-7H2,1H3,(H,17,23)(H,18,22). The Hall–Kier alpha value is -2.90. The van der Waals surface area contributed by atoms with E-state index in [9.17, 15) is 9.59 Å². The van der Waals surface area contributed by atoms with Gasteiger partial charge >= 0.3 is 0 Å². The topological polar surface area (TPSA) is 105 Å². The summed E-state index contributed by atoms with van der Waals surface area (Å²) in [5.41, 5.74) is 1.93. The summed E-state index contributed by atoms with van der Waals surface area (Å²) >= 11 is 0. The van der Waals surface area contributed by atoms with Crippen LogP contribution in [0.1, 0.15) is 40.9 Å². The minimum atomic E-state index is -0.348. The van der Waals surface area contributed by atoms with Gasteiger partial charge in [0.25, 0.3) is 11.5 Å². The van der Waals surface area contributed by atoms with Gasteiger partial charge < -0.3 is 19.2 Å². The maximum Gasteiger partial charge on any atom is 0.291 e. The van der Waals surface area contributed by atoms with Crippen molar-refractivity contribution in [3.05, 3.63) is 51.7 Å². The molecule has 3 aromatic heterocycles. The number of hydrogen-bond acceptors (Lipinski definition) is 5. The van der Waals surface area contributed by atoms with E-state index in [4.69, 9.17) is 4.52 Å². The van der Waals surface area contributed by atoms with E-state index in [-0.39, 0.29) is 29.4 Å². The Morgan fingerprint density at radius 3 is 3.25 bits per heavy atom. The Balaban J connectivity index is 1.51. The fraction of sp³-hybridized carbons (Fsp3) is 0.375. The van der Waals surface area contributed by atoms with E-state index >= 15 is 0 Å². The molecule has 0 spiro atoms. The maximum absolute atomic E-state index is 12.3. The van der Waals surface area contributed by atoms with Crippen LogP contribution in [0, 0.1) is 5.92 Å². The monoisotopic (exact) mass is 327 g/mol. The van der Waals surface area contributed by atoms with E-state index in [1.165, 1.54) is 16.8 Å². The Kier molecular flexibility index (Phi) is 3.44. The Morgan fingerprint density at radius 1 is 1.54 bits per heavy atom. The third-order valence-corrected chi connectivity index (χ3v) is 4.40. The van der Waals surface area contributed by atoms with Crippen LogP contribution in [0.4, 0.5) is 0 Å². The molecule has 0 fully saturated rings. The van der Waals surface area contributed by atoms with Crippen LogP contribution in [-0.2, 0) is 19.4 Å². The second-order valence-electron chi connectivity index (χ2n) is 6.21. The highest BCUT2D eigenvalue weighted by molar-refractivity contribution is 5.92. The molecule has 0 saturated carbocycles. The van der Waals surface area contributed by atoms with Crippen molar-refractivity contribution in [1.29, 1.82) is 0 Å². The summed E-state index contributed by atoms with van der Waals surface area (Å²) in [6, 6.07) is 0. The number of nitrogens with zero attached hydrogens (tertiary/aromatic N) is 3. The van der Waals surface area contributed by atoms with Crippen LogP contribution in [0.25, 0.3) is 5.65 Å². The molecule has 0 aliphatic heterocycles. The largest absolute Gasteiger partial charge is 0.361 e. The van der Waals surface area contributed by atoms with Crippen LogP contribution in [0.5, 0.6) is 0 Å². The first-order valence-corrected chi connectivity index (χ1v) is 7.92. The molecule has 1 atom stereocenters. The average molecular weight is 327 g/mol. The molecule has 8 nitrogen and oxygen atoms in total. The molecule has 0 radical (unpaired) electrons. The van der Waals surface area contributed by atoms with E-state index in [0.717, 1.165) is 36.3 Å². The first kappa shape index (κ1) is 14.7. The Morgan fingerprint density at radius 2 is 2.42 bits per heavy atom. The summed E-state index contributed by atoms with van der Waals surface area (Å²) in [6.07, 6.45) is 7.59. The first-order chi connectivity index (χ1) is 11.6. The number of aromatic amines is 1. The molecular weight excluding hydrogens is 310 g/mol. The second-order valence-corrected chi connectivity index (χ2v) is 6.21. The van der Waals surface area contributed by atoms with Gasteiger partial charge in [0.15, 0.2) is 0 Å². The molecule has 8 heteroatoms. The summed E-state index contributed by atoms with van der Waals surface area (Å²) in [6.45, 7) is 2.49. The molecular formula is C16H17N5O3. The van der Waals surface area contributed by atoms with Gasteiger partial charge in [-0.15, -0.1) is 0 Å². The normalized spacial score (nSPS) is 17.0. The van der Waals surface area contributed by atoms with E-state index in [1.54, 1.807) is 6.20 Å². The average Bonchev–Trinajstić information content (AvgIpc) is 3.17. The molecule has 1 unspecified atom stereocenters. The minimum Gasteiger partial charge on any atom is -0.361 e. The number of carbonyl (C=O) groups is 1. The fourth-order valence-corrected chi connectivity index (χ4v) is 3.07. The molecule has 1 amide bonds. The summed E-state index contributed by atoms with van der Waals surface area (Å²) in [5, 5.41) is 6.88. The van der Waals surface area contributed by atoms with E-state index in [2.05, 4.69) is 27.4 Å². The van der Waals surface area contributed by atoms with Gasteiger partial charge in [0.2, 0.25) is 5.65 Å². The van der Waals surface area contributed by atoms with Crippen LogP contribution in [0.3, 0.4) is 0 Å². The second kappa shape index (κ2) is 5.63. The fourth-order valence-electron chi connectivity index (χ4n) is 3.07. The van der Waals surface area contributed by atoms with Gasteiger partial charge in [-0.05, 0) is 18.8 Å². The molecule has 3 heterocycles. The third-order valence-electron chi connectivity index (χ3n) is 4.40. The predicted octanol–water partition coefficient (Wildman–Crippen LogP) is 1.07. The smallest absolute Gasteiger partial charge is 0.291 e. The lowest BCUT2D eigenvalue weighted by Gasteiger charge is -2.16. The highest BCUT2D eigenvalue weighted by Gasteiger charge is 2.23. The number of aromatic nitrogens is 4. The van der Waals surface area contributed by atoms with E-state index < -0.39 is 0 Å². The van der Waals surface area contributed by atoms with Gasteiger partial charge in [0, 0.05) is 30.6 Å². The third kappa shape index (κ3) is 2.49. The molecule has 0 saturated heterocycles.